The standard InChI is InChI=1S/C59H40N4S/c1-3-4-7-18-38(2)49-37-50(39-19-8-5-9-20-39)61-59(60-49)46-31-34-55(57-45-25-14-17-28-56(45)64-58(46)57)63-52-27-16-13-24-44(52)48-36-41(30-33-54(48)63)40-29-32-53-47(35-40)43-23-12-15-26-51(43)62(53)42-21-10-6-11-22-42/h3-37H,2H2,1H3/b4-3-,18-7-. The Balaban J connectivity index is 1.05. The van der Waals surface area contributed by atoms with Crippen molar-refractivity contribution in [1.82, 2.24) is 19.1 Å². The van der Waals surface area contributed by atoms with Crippen LogP contribution in [0.4, 0.5) is 0 Å². The van der Waals surface area contributed by atoms with Gasteiger partial charge in [-0.3, -0.25) is 0 Å². The van der Waals surface area contributed by atoms with Crippen LogP contribution in [-0.4, -0.2) is 19.1 Å². The van der Waals surface area contributed by atoms with E-state index >= 15 is 0 Å². The van der Waals surface area contributed by atoms with Crippen molar-refractivity contribution in [3.05, 3.63) is 225 Å². The van der Waals surface area contributed by atoms with Crippen molar-refractivity contribution in [3.8, 4) is 45.1 Å². The molecular weight excluding hydrogens is 797 g/mol. The van der Waals surface area contributed by atoms with E-state index in [1.807, 2.05) is 43.4 Å². The van der Waals surface area contributed by atoms with Crippen molar-refractivity contribution < 1.29 is 0 Å². The molecule has 0 aliphatic carbocycles. The minimum atomic E-state index is 0.677. The number of hydrogen-bond donors (Lipinski definition) is 0. The van der Waals surface area contributed by atoms with Crippen molar-refractivity contribution in [1.29, 1.82) is 0 Å². The number of allylic oxidation sites excluding steroid dienone is 5. The minimum absolute atomic E-state index is 0.677. The normalized spacial score (nSPS) is 12.1. The van der Waals surface area contributed by atoms with Crippen LogP contribution in [0.3, 0.4) is 0 Å². The molecular formula is C59H40N4S. The summed E-state index contributed by atoms with van der Waals surface area (Å²) in [6.45, 7) is 6.43. The van der Waals surface area contributed by atoms with E-state index in [1.165, 1.54) is 59.2 Å². The average Bonchev–Trinajstić information content (AvgIpc) is 4.02. The van der Waals surface area contributed by atoms with Gasteiger partial charge in [0.05, 0.1) is 39.1 Å². The summed E-state index contributed by atoms with van der Waals surface area (Å²) in [4.78, 5) is 10.5. The number of thiophene rings is 1. The van der Waals surface area contributed by atoms with E-state index in [0.717, 1.165) is 55.2 Å². The quantitative estimate of drug-likeness (QED) is 0.143. The zero-order valence-corrected chi connectivity index (χ0v) is 35.9. The van der Waals surface area contributed by atoms with Crippen molar-refractivity contribution in [2.24, 2.45) is 0 Å². The fraction of sp³-hybridized carbons (Fsp3) is 0.0169. The largest absolute Gasteiger partial charge is 0.309 e. The van der Waals surface area contributed by atoms with E-state index < -0.39 is 0 Å². The molecule has 4 aromatic heterocycles. The van der Waals surface area contributed by atoms with Crippen LogP contribution in [0.5, 0.6) is 0 Å². The summed E-state index contributed by atoms with van der Waals surface area (Å²) in [5, 5.41) is 7.31. The third-order valence-corrected chi connectivity index (χ3v) is 13.6. The number of benzene rings is 8. The van der Waals surface area contributed by atoms with Crippen LogP contribution < -0.4 is 0 Å². The maximum atomic E-state index is 5.26. The van der Waals surface area contributed by atoms with Crippen LogP contribution in [0, 0.1) is 0 Å². The average molecular weight is 837 g/mol. The summed E-state index contributed by atoms with van der Waals surface area (Å²) >= 11 is 1.80. The summed E-state index contributed by atoms with van der Waals surface area (Å²) < 4.78 is 7.19. The van der Waals surface area contributed by atoms with E-state index in [1.54, 1.807) is 11.3 Å². The third kappa shape index (κ3) is 6.12. The van der Waals surface area contributed by atoms with Crippen molar-refractivity contribution in [2.45, 2.75) is 6.92 Å². The van der Waals surface area contributed by atoms with Gasteiger partial charge in [0.15, 0.2) is 5.82 Å². The second kappa shape index (κ2) is 15.3. The molecule has 0 aliphatic heterocycles. The molecule has 0 radical (unpaired) electrons. The fourth-order valence-corrected chi connectivity index (χ4v) is 10.7. The minimum Gasteiger partial charge on any atom is -0.309 e. The van der Waals surface area contributed by atoms with Crippen LogP contribution in [0.1, 0.15) is 12.6 Å². The lowest BCUT2D eigenvalue weighted by Crippen LogP contribution is -1.99. The van der Waals surface area contributed by atoms with Gasteiger partial charge in [0, 0.05) is 58.5 Å². The topological polar surface area (TPSA) is 35.6 Å². The van der Waals surface area contributed by atoms with Gasteiger partial charge in [0.25, 0.3) is 0 Å². The third-order valence-electron chi connectivity index (χ3n) is 12.4. The highest BCUT2D eigenvalue weighted by Gasteiger charge is 2.22. The second-order valence-corrected chi connectivity index (χ2v) is 17.2. The zero-order chi connectivity index (χ0) is 42.7. The van der Waals surface area contributed by atoms with Crippen LogP contribution in [0.25, 0.3) is 115 Å². The van der Waals surface area contributed by atoms with E-state index in [-0.39, 0.29) is 0 Å². The molecule has 0 aliphatic rings. The van der Waals surface area contributed by atoms with Crippen LogP contribution in [-0.2, 0) is 0 Å². The molecule has 12 aromatic rings. The SMILES string of the molecule is C=C(/C=C\C=C/C)c1cc(-c2ccccc2)nc(-c2ccc(-n3c4ccccc4c4cc(-c5ccc6c(c5)c5ccccc5n6-c5ccccc5)ccc43)c3c2sc2ccccc23)n1. The number of rotatable bonds is 8. The van der Waals surface area contributed by atoms with Gasteiger partial charge in [0.2, 0.25) is 0 Å². The summed E-state index contributed by atoms with van der Waals surface area (Å²) in [7, 11) is 0. The van der Waals surface area contributed by atoms with Gasteiger partial charge in [-0.1, -0.05) is 146 Å². The smallest absolute Gasteiger partial charge is 0.161 e. The predicted molar refractivity (Wildman–Crippen MR) is 273 cm³/mol. The molecule has 64 heavy (non-hydrogen) atoms. The summed E-state index contributed by atoms with van der Waals surface area (Å²) in [5.74, 6) is 0.677. The fourth-order valence-electron chi connectivity index (χ4n) is 9.45. The van der Waals surface area contributed by atoms with Gasteiger partial charge in [-0.15, -0.1) is 11.3 Å². The molecule has 4 heterocycles. The lowest BCUT2D eigenvalue weighted by Gasteiger charge is -2.14. The van der Waals surface area contributed by atoms with E-state index in [4.69, 9.17) is 9.97 Å². The Bertz CT molecular complexity index is 3860. The van der Waals surface area contributed by atoms with Gasteiger partial charge in [-0.2, -0.15) is 0 Å². The molecule has 0 saturated heterocycles. The number of nitrogens with zero attached hydrogens (tertiary/aromatic N) is 4. The zero-order valence-electron chi connectivity index (χ0n) is 35.1. The van der Waals surface area contributed by atoms with Gasteiger partial charge in [-0.25, -0.2) is 9.97 Å². The first-order valence-electron chi connectivity index (χ1n) is 21.6. The highest BCUT2D eigenvalue weighted by molar-refractivity contribution is 7.26. The first-order valence-corrected chi connectivity index (χ1v) is 22.4. The summed E-state index contributed by atoms with van der Waals surface area (Å²) in [6, 6.07) is 67.7. The molecule has 4 nitrogen and oxygen atoms in total. The molecule has 8 aromatic carbocycles. The van der Waals surface area contributed by atoms with Gasteiger partial charge >= 0.3 is 0 Å². The number of para-hydroxylation sites is 3. The van der Waals surface area contributed by atoms with E-state index in [2.05, 4.69) is 192 Å². The monoisotopic (exact) mass is 836 g/mol. The van der Waals surface area contributed by atoms with Gasteiger partial charge in [0.1, 0.15) is 0 Å². The molecule has 302 valence electrons. The predicted octanol–water partition coefficient (Wildman–Crippen LogP) is 16.2. The number of hydrogen-bond acceptors (Lipinski definition) is 3. The molecule has 0 fully saturated rings. The Morgan fingerprint density at radius 1 is 0.516 bits per heavy atom. The summed E-state index contributed by atoms with van der Waals surface area (Å²) in [5.41, 5.74) is 13.9. The maximum absolute atomic E-state index is 5.26. The molecule has 0 bridgehead atoms. The van der Waals surface area contributed by atoms with E-state index in [0.29, 0.717) is 5.82 Å². The second-order valence-electron chi connectivity index (χ2n) is 16.2. The lowest BCUT2D eigenvalue weighted by atomic mass is 10.0. The lowest BCUT2D eigenvalue weighted by molar-refractivity contribution is 1.16. The molecule has 5 heteroatoms. The molecule has 0 spiro atoms. The Labute approximate surface area is 374 Å². The Kier molecular flexibility index (Phi) is 9.02. The molecule has 0 saturated carbocycles. The van der Waals surface area contributed by atoms with E-state index in [9.17, 15) is 0 Å². The van der Waals surface area contributed by atoms with Crippen LogP contribution in [0.15, 0.2) is 219 Å². The van der Waals surface area contributed by atoms with Gasteiger partial charge in [-0.05, 0) is 96.4 Å². The number of fused-ring (bicyclic) bond motifs is 9. The number of aromatic nitrogens is 4. The van der Waals surface area contributed by atoms with Crippen molar-refractivity contribution in [2.75, 3.05) is 0 Å². The Morgan fingerprint density at radius 3 is 1.81 bits per heavy atom. The molecule has 12 rings (SSSR count). The first kappa shape index (κ1) is 37.6. The molecule has 0 amide bonds. The Hall–Kier alpha value is -8.12. The highest BCUT2D eigenvalue weighted by Crippen LogP contribution is 2.45. The highest BCUT2D eigenvalue weighted by atomic mass is 32.1. The van der Waals surface area contributed by atoms with Crippen molar-refractivity contribution >= 4 is 80.7 Å². The Morgan fingerprint density at radius 2 is 1.11 bits per heavy atom. The first-order chi connectivity index (χ1) is 31.6. The van der Waals surface area contributed by atoms with Crippen molar-refractivity contribution in [3.63, 3.8) is 0 Å². The summed E-state index contributed by atoms with van der Waals surface area (Å²) in [6.07, 6.45) is 8.03. The van der Waals surface area contributed by atoms with Crippen LogP contribution in [0.2, 0.25) is 0 Å². The molecule has 0 unspecified atom stereocenters. The maximum Gasteiger partial charge on any atom is 0.161 e. The molecule has 0 N–H and O–H groups in total. The van der Waals surface area contributed by atoms with Gasteiger partial charge < -0.3 is 9.13 Å². The van der Waals surface area contributed by atoms with Crippen LogP contribution >= 0.6 is 11.3 Å². The molecule has 0 atom stereocenters.